The van der Waals surface area contributed by atoms with Crippen LogP contribution in [0.15, 0.2) is 58.2 Å². The molecule has 4 rings (SSSR count). The van der Waals surface area contributed by atoms with Crippen LogP contribution in [-0.4, -0.2) is 31.0 Å². The Morgan fingerprint density at radius 2 is 1.85 bits per heavy atom. The zero-order valence-corrected chi connectivity index (χ0v) is 16.2. The lowest BCUT2D eigenvalue weighted by molar-refractivity contribution is 0.0980. The molecular weight excluding hydrogens is 416 g/mol. The molecule has 132 valence electrons. The summed E-state index contributed by atoms with van der Waals surface area (Å²) in [7, 11) is 0. The molecule has 2 N–H and O–H groups in total. The summed E-state index contributed by atoms with van der Waals surface area (Å²) in [4.78, 5) is 13.2. The summed E-state index contributed by atoms with van der Waals surface area (Å²) in [5, 5.41) is 18.1. The maximum absolute atomic E-state index is 13.2. The van der Waals surface area contributed by atoms with Gasteiger partial charge >= 0.3 is 0 Å². The number of ketones is 1. The van der Waals surface area contributed by atoms with Crippen LogP contribution in [0.2, 0.25) is 0 Å². The van der Waals surface area contributed by atoms with E-state index in [0.717, 1.165) is 15.9 Å². The molecule has 0 spiro atoms. The predicted molar refractivity (Wildman–Crippen MR) is 103 cm³/mol. The van der Waals surface area contributed by atoms with Gasteiger partial charge in [0.15, 0.2) is 5.78 Å². The zero-order valence-electron chi connectivity index (χ0n) is 13.8. The Labute approximate surface area is 162 Å². The normalized spacial score (nSPS) is 18.8. The Kier molecular flexibility index (Phi) is 4.46. The van der Waals surface area contributed by atoms with Crippen LogP contribution < -0.4 is 5.43 Å². The van der Waals surface area contributed by atoms with E-state index < -0.39 is 5.25 Å². The van der Waals surface area contributed by atoms with Gasteiger partial charge in [0.1, 0.15) is 16.8 Å². The van der Waals surface area contributed by atoms with Gasteiger partial charge in [-0.3, -0.25) is 4.79 Å². The Bertz CT molecular complexity index is 956. The third-order valence-electron chi connectivity index (χ3n) is 4.24. The number of aryl methyl sites for hydroxylation is 1. The van der Waals surface area contributed by atoms with Crippen LogP contribution in [0, 0.1) is 6.92 Å². The first-order valence-electron chi connectivity index (χ1n) is 7.97. The first-order valence-corrected chi connectivity index (χ1v) is 9.64. The number of aromatic hydroxyl groups is 1. The van der Waals surface area contributed by atoms with Crippen LogP contribution in [-0.2, 0) is 0 Å². The average molecular weight is 431 g/mol. The third kappa shape index (κ3) is 3.10. The topological polar surface area (TPSA) is 80.0 Å². The van der Waals surface area contributed by atoms with E-state index in [2.05, 4.69) is 31.6 Å². The number of nitrogens with one attached hydrogen (secondary N) is 1. The molecule has 0 radical (unpaired) electrons. The molecule has 6 nitrogen and oxygen atoms in total. The Hall–Kier alpha value is -2.32. The molecular formula is C18H15BrN4O2S. The third-order valence-corrected chi connectivity index (χ3v) is 5.98. The number of hydrogen-bond donors (Lipinski definition) is 2. The van der Waals surface area contributed by atoms with Crippen molar-refractivity contribution in [1.29, 1.82) is 0 Å². The number of benzene rings is 2. The molecule has 1 aliphatic rings. The van der Waals surface area contributed by atoms with Gasteiger partial charge in [0, 0.05) is 10.0 Å². The van der Waals surface area contributed by atoms with E-state index >= 15 is 0 Å². The fourth-order valence-corrected chi connectivity index (χ4v) is 4.34. The molecule has 1 aromatic heterocycles. The monoisotopic (exact) mass is 430 g/mol. The first kappa shape index (κ1) is 17.1. The number of carbonyl (C=O) groups is 1. The molecule has 2 aromatic carbocycles. The van der Waals surface area contributed by atoms with Gasteiger partial charge in [-0.25, -0.2) is 4.68 Å². The second-order valence-corrected chi connectivity index (χ2v) is 8.00. The highest BCUT2D eigenvalue weighted by Crippen LogP contribution is 2.39. The van der Waals surface area contributed by atoms with Crippen molar-refractivity contribution in [3.63, 3.8) is 0 Å². The number of phenolic OH excluding ortho intramolecular Hbond substituents is 1. The molecule has 0 bridgehead atoms. The largest absolute Gasteiger partial charge is 0.508 e. The summed E-state index contributed by atoms with van der Waals surface area (Å²) in [6, 6.07) is 13.9. The Balaban J connectivity index is 1.74. The van der Waals surface area contributed by atoms with E-state index in [1.165, 1.54) is 11.8 Å². The van der Waals surface area contributed by atoms with E-state index in [9.17, 15) is 9.90 Å². The summed E-state index contributed by atoms with van der Waals surface area (Å²) in [6.07, 6.45) is 0. The molecule has 0 amide bonds. The van der Waals surface area contributed by atoms with Crippen LogP contribution in [0.25, 0.3) is 0 Å². The highest BCUT2D eigenvalue weighted by molar-refractivity contribution is 9.10. The number of thioether (sulfide) groups is 1. The van der Waals surface area contributed by atoms with Crippen molar-refractivity contribution in [3.05, 3.63) is 70.0 Å². The van der Waals surface area contributed by atoms with Gasteiger partial charge in [-0.2, -0.15) is 0 Å². The summed E-state index contributed by atoms with van der Waals surface area (Å²) in [5.41, 5.74) is 4.90. The molecule has 2 atom stereocenters. The van der Waals surface area contributed by atoms with Crippen LogP contribution in [0.1, 0.15) is 27.8 Å². The van der Waals surface area contributed by atoms with Gasteiger partial charge in [-0.1, -0.05) is 52.0 Å². The maximum atomic E-state index is 13.2. The van der Waals surface area contributed by atoms with Crippen molar-refractivity contribution in [2.24, 2.45) is 0 Å². The number of aromatic nitrogens is 3. The number of rotatable bonds is 3. The summed E-state index contributed by atoms with van der Waals surface area (Å²) >= 11 is 4.79. The molecule has 0 saturated carbocycles. The molecule has 3 aromatic rings. The van der Waals surface area contributed by atoms with Crippen LogP contribution in [0.3, 0.4) is 0 Å². The van der Waals surface area contributed by atoms with E-state index in [1.807, 2.05) is 43.3 Å². The lowest BCUT2D eigenvalue weighted by atomic mass is 9.97. The number of carbonyl (C=O) groups excluding carboxylic acids is 1. The van der Waals surface area contributed by atoms with Crippen molar-refractivity contribution in [1.82, 2.24) is 14.9 Å². The number of halogens is 1. The minimum Gasteiger partial charge on any atom is -0.508 e. The number of nitrogens with zero attached hydrogens (tertiary/aromatic N) is 3. The molecule has 0 fully saturated rings. The lowest BCUT2D eigenvalue weighted by Crippen LogP contribution is -2.39. The molecule has 1 aliphatic heterocycles. The Morgan fingerprint density at radius 3 is 2.54 bits per heavy atom. The molecule has 0 saturated heterocycles. The van der Waals surface area contributed by atoms with Crippen LogP contribution in [0.4, 0.5) is 0 Å². The van der Waals surface area contributed by atoms with Crippen LogP contribution in [0.5, 0.6) is 5.75 Å². The highest BCUT2D eigenvalue weighted by Gasteiger charge is 2.37. The van der Waals surface area contributed by atoms with E-state index in [1.54, 1.807) is 16.8 Å². The second-order valence-electron chi connectivity index (χ2n) is 5.97. The number of phenols is 1. The van der Waals surface area contributed by atoms with Gasteiger partial charge in [-0.05, 0) is 36.8 Å². The highest BCUT2D eigenvalue weighted by atomic mass is 79.9. The van der Waals surface area contributed by atoms with Crippen molar-refractivity contribution in [2.45, 2.75) is 23.4 Å². The van der Waals surface area contributed by atoms with E-state index in [-0.39, 0.29) is 17.6 Å². The number of Topliss-reactive ketones (excluding diaryl/α,β-unsaturated/α-hetero) is 1. The standard InChI is InChI=1S/C18H15BrN4O2S/c1-10-20-21-18-23(10)22-15(11-4-8-14(24)9-5-11)17(26-18)16(25)12-2-6-13(19)7-3-12/h2-9,15,17,22,24H,1H3/t15-,17-/m0/s1. The fraction of sp³-hybridized carbons (Fsp3) is 0.167. The molecule has 26 heavy (non-hydrogen) atoms. The zero-order chi connectivity index (χ0) is 18.3. The number of hydrogen-bond acceptors (Lipinski definition) is 6. The summed E-state index contributed by atoms with van der Waals surface area (Å²) in [5.74, 6) is 0.931. The van der Waals surface area contributed by atoms with Gasteiger partial charge in [0.2, 0.25) is 5.16 Å². The van der Waals surface area contributed by atoms with Crippen LogP contribution >= 0.6 is 27.7 Å². The van der Waals surface area contributed by atoms with Crippen molar-refractivity contribution < 1.29 is 9.90 Å². The molecule has 8 heteroatoms. The summed E-state index contributed by atoms with van der Waals surface area (Å²) in [6.45, 7) is 1.86. The quantitative estimate of drug-likeness (QED) is 0.616. The van der Waals surface area contributed by atoms with Crippen molar-refractivity contribution in [2.75, 3.05) is 5.43 Å². The Morgan fingerprint density at radius 1 is 1.15 bits per heavy atom. The van der Waals surface area contributed by atoms with Crippen molar-refractivity contribution in [3.8, 4) is 5.75 Å². The fourth-order valence-electron chi connectivity index (χ4n) is 2.87. The minimum absolute atomic E-state index is 0.0139. The van der Waals surface area contributed by atoms with E-state index in [0.29, 0.717) is 10.7 Å². The predicted octanol–water partition coefficient (Wildman–Crippen LogP) is 3.70. The molecule has 0 aliphatic carbocycles. The number of fused-ring (bicyclic) bond motifs is 1. The second kappa shape index (κ2) is 6.77. The SMILES string of the molecule is Cc1nnc2n1N[C@@H](c1ccc(O)cc1)[C@@H](C(=O)c1ccc(Br)cc1)S2. The van der Waals surface area contributed by atoms with E-state index in [4.69, 9.17) is 0 Å². The minimum atomic E-state index is -0.406. The molecule has 0 unspecified atom stereocenters. The van der Waals surface area contributed by atoms with Gasteiger partial charge in [0.25, 0.3) is 0 Å². The van der Waals surface area contributed by atoms with Crippen molar-refractivity contribution >= 4 is 33.5 Å². The average Bonchev–Trinajstić information content (AvgIpc) is 3.02. The van der Waals surface area contributed by atoms with Gasteiger partial charge in [0.05, 0.1) is 6.04 Å². The molecule has 2 heterocycles. The smallest absolute Gasteiger partial charge is 0.210 e. The maximum Gasteiger partial charge on any atom is 0.210 e. The summed E-state index contributed by atoms with van der Waals surface area (Å²) < 4.78 is 2.72. The lowest BCUT2D eigenvalue weighted by Gasteiger charge is -2.32. The van der Waals surface area contributed by atoms with Gasteiger partial charge in [-0.15, -0.1) is 10.2 Å². The first-order chi connectivity index (χ1) is 12.5. The van der Waals surface area contributed by atoms with Gasteiger partial charge < -0.3 is 10.5 Å².